The van der Waals surface area contributed by atoms with Crippen LogP contribution in [0.4, 0.5) is 30.2 Å². The minimum atomic E-state index is -4.21. The molecule has 4 rings (SSSR count). The molecule has 1 saturated heterocycles. The van der Waals surface area contributed by atoms with Gasteiger partial charge in [0.15, 0.2) is 0 Å². The normalized spacial score (nSPS) is 27.9. The van der Waals surface area contributed by atoms with Gasteiger partial charge >= 0.3 is 6.18 Å². The second kappa shape index (κ2) is 8.20. The van der Waals surface area contributed by atoms with E-state index in [2.05, 4.69) is 15.5 Å². The third kappa shape index (κ3) is 4.16. The molecule has 2 unspecified atom stereocenters. The first-order valence-electron chi connectivity index (χ1n) is 10.8. The predicted octanol–water partition coefficient (Wildman–Crippen LogP) is 4.48. The zero-order valence-electron chi connectivity index (χ0n) is 17.4. The molecule has 3 aliphatic rings. The number of fused-ring (bicyclic) bond motifs is 1. The molecule has 170 valence electrons. The van der Waals surface area contributed by atoms with Crippen molar-refractivity contribution in [3.63, 3.8) is 0 Å². The minimum absolute atomic E-state index is 0.0178. The third-order valence-electron chi connectivity index (χ3n) is 7.11. The number of nitrogens with one attached hydrogen (secondary N) is 2. The largest absolute Gasteiger partial charge is 0.391 e. The molecule has 2 N–H and O–H groups in total. The topological polar surface area (TPSA) is 87.5 Å². The van der Waals surface area contributed by atoms with Gasteiger partial charge in [-0.3, -0.25) is 14.9 Å². The van der Waals surface area contributed by atoms with Crippen LogP contribution in [-0.4, -0.2) is 42.7 Å². The Hall–Kier alpha value is -2.52. The summed E-state index contributed by atoms with van der Waals surface area (Å²) in [5, 5.41) is 17.2. The maximum atomic E-state index is 13.1. The molecule has 1 aromatic carbocycles. The number of anilines is 2. The smallest absolute Gasteiger partial charge is 0.383 e. The molecule has 10 heteroatoms. The highest BCUT2D eigenvalue weighted by atomic mass is 19.4. The van der Waals surface area contributed by atoms with Gasteiger partial charge in [-0.2, -0.15) is 13.2 Å². The van der Waals surface area contributed by atoms with E-state index in [0.717, 1.165) is 25.8 Å². The molecule has 3 fully saturated rings. The average molecular weight is 440 g/mol. The van der Waals surface area contributed by atoms with Gasteiger partial charge in [0.05, 0.1) is 22.1 Å². The number of nitro groups is 1. The van der Waals surface area contributed by atoms with Gasteiger partial charge in [0.25, 0.3) is 11.6 Å². The molecule has 0 aromatic heterocycles. The summed E-state index contributed by atoms with van der Waals surface area (Å²) < 4.78 is 38.8. The van der Waals surface area contributed by atoms with Crippen molar-refractivity contribution >= 4 is 23.0 Å². The highest BCUT2D eigenvalue weighted by Crippen LogP contribution is 2.45. The van der Waals surface area contributed by atoms with E-state index in [-0.39, 0.29) is 43.0 Å². The van der Waals surface area contributed by atoms with Gasteiger partial charge in [-0.05, 0) is 50.5 Å². The van der Waals surface area contributed by atoms with E-state index in [1.807, 2.05) is 0 Å². The van der Waals surface area contributed by atoms with Crippen LogP contribution >= 0.6 is 0 Å². The maximum Gasteiger partial charge on any atom is 0.391 e. The lowest BCUT2D eigenvalue weighted by molar-refractivity contribution is -0.384. The molecule has 7 nitrogen and oxygen atoms in total. The summed E-state index contributed by atoms with van der Waals surface area (Å²) in [6.07, 6.45) is -0.447. The van der Waals surface area contributed by atoms with Crippen molar-refractivity contribution in [2.45, 2.75) is 63.2 Å². The molecule has 31 heavy (non-hydrogen) atoms. The first-order chi connectivity index (χ1) is 14.7. The molecule has 0 bridgehead atoms. The number of carbonyl (C=O) groups is 1. The van der Waals surface area contributed by atoms with E-state index < -0.39 is 22.9 Å². The van der Waals surface area contributed by atoms with Crippen LogP contribution in [0.25, 0.3) is 0 Å². The first kappa shape index (κ1) is 21.7. The molecule has 2 atom stereocenters. The summed E-state index contributed by atoms with van der Waals surface area (Å²) in [7, 11) is 1.60. The molecule has 2 aliphatic carbocycles. The monoisotopic (exact) mass is 440 g/mol. The molecule has 1 aromatic rings. The van der Waals surface area contributed by atoms with Crippen LogP contribution in [-0.2, 0) is 0 Å². The SMILES string of the molecule is CNc1cc(N2CC3CCCC32)c(C(=O)NC2CCC(C(F)(F)F)CC2)cc1[N+](=O)[O-]. The number of nitrogens with zero attached hydrogens (tertiary/aromatic N) is 2. The Labute approximate surface area is 178 Å². The summed E-state index contributed by atoms with van der Waals surface area (Å²) in [5.41, 5.74) is 1.01. The summed E-state index contributed by atoms with van der Waals surface area (Å²) in [4.78, 5) is 26.3. The highest BCUT2D eigenvalue weighted by Gasteiger charge is 2.44. The van der Waals surface area contributed by atoms with Gasteiger partial charge in [-0.25, -0.2) is 0 Å². The highest BCUT2D eigenvalue weighted by molar-refractivity contribution is 6.02. The van der Waals surface area contributed by atoms with Crippen molar-refractivity contribution in [3.05, 3.63) is 27.8 Å². The Balaban J connectivity index is 1.56. The maximum absolute atomic E-state index is 13.1. The summed E-state index contributed by atoms with van der Waals surface area (Å²) in [6.45, 7) is 0.808. The standard InChI is InChI=1S/C21H27F3N4O3/c1-25-16-10-18(27-11-12-3-2-4-17(12)27)15(9-19(16)28(30)31)20(29)26-14-7-5-13(6-8-14)21(22,23)24/h9-10,12-14,17,25H,2-8,11H2,1H3,(H,26,29). The predicted molar refractivity (Wildman–Crippen MR) is 110 cm³/mol. The summed E-state index contributed by atoms with van der Waals surface area (Å²) in [5.74, 6) is -1.20. The quantitative estimate of drug-likeness (QED) is 0.521. The molecule has 1 amide bonds. The number of rotatable bonds is 5. The summed E-state index contributed by atoms with van der Waals surface area (Å²) >= 11 is 0. The minimum Gasteiger partial charge on any atom is -0.383 e. The first-order valence-corrected chi connectivity index (χ1v) is 10.8. The van der Waals surface area contributed by atoms with Crippen LogP contribution in [0.5, 0.6) is 0 Å². The van der Waals surface area contributed by atoms with Crippen molar-refractivity contribution in [1.29, 1.82) is 0 Å². The second-order valence-corrected chi connectivity index (χ2v) is 8.87. The number of carbonyl (C=O) groups excluding carboxylic acids is 1. The lowest BCUT2D eigenvalue weighted by atomic mass is 9.85. The zero-order chi connectivity index (χ0) is 22.3. The van der Waals surface area contributed by atoms with Crippen LogP contribution in [0.2, 0.25) is 0 Å². The van der Waals surface area contributed by atoms with Crippen molar-refractivity contribution in [1.82, 2.24) is 5.32 Å². The number of nitro benzene ring substituents is 1. The van der Waals surface area contributed by atoms with E-state index in [4.69, 9.17) is 0 Å². The third-order valence-corrected chi connectivity index (χ3v) is 7.11. The number of halogens is 3. The van der Waals surface area contributed by atoms with E-state index in [9.17, 15) is 28.1 Å². The molecule has 0 spiro atoms. The van der Waals surface area contributed by atoms with Gasteiger partial charge in [-0.15, -0.1) is 0 Å². The van der Waals surface area contributed by atoms with Crippen molar-refractivity contribution in [2.75, 3.05) is 23.8 Å². The van der Waals surface area contributed by atoms with E-state index in [1.54, 1.807) is 13.1 Å². The van der Waals surface area contributed by atoms with Gasteiger partial charge in [0, 0.05) is 31.7 Å². The number of benzene rings is 1. The molecular weight excluding hydrogens is 413 g/mol. The average Bonchev–Trinajstić information content (AvgIpc) is 3.07. The van der Waals surface area contributed by atoms with Gasteiger partial charge < -0.3 is 15.5 Å². The van der Waals surface area contributed by atoms with Gasteiger partial charge in [0.2, 0.25) is 0 Å². The Bertz CT molecular complexity index is 868. The fourth-order valence-corrected chi connectivity index (χ4v) is 5.34. The number of amides is 1. The van der Waals surface area contributed by atoms with Gasteiger partial charge in [-0.1, -0.05) is 6.42 Å². The number of alkyl halides is 3. The van der Waals surface area contributed by atoms with Crippen LogP contribution in [0.1, 0.15) is 55.3 Å². The molecule has 1 heterocycles. The van der Waals surface area contributed by atoms with Crippen LogP contribution in [0.15, 0.2) is 12.1 Å². The molecule has 2 saturated carbocycles. The molecule has 1 aliphatic heterocycles. The number of hydrogen-bond acceptors (Lipinski definition) is 5. The second-order valence-electron chi connectivity index (χ2n) is 8.87. The van der Waals surface area contributed by atoms with Crippen molar-refractivity contribution < 1.29 is 22.9 Å². The fraction of sp³-hybridized carbons (Fsp3) is 0.667. The molecule has 0 radical (unpaired) electrons. The molecular formula is C21H27F3N4O3. The van der Waals surface area contributed by atoms with Crippen LogP contribution < -0.4 is 15.5 Å². The van der Waals surface area contributed by atoms with Crippen molar-refractivity contribution in [3.8, 4) is 0 Å². The van der Waals surface area contributed by atoms with E-state index in [1.165, 1.54) is 6.07 Å². The van der Waals surface area contributed by atoms with Crippen molar-refractivity contribution in [2.24, 2.45) is 11.8 Å². The lowest BCUT2D eigenvalue weighted by Crippen LogP contribution is -2.54. The van der Waals surface area contributed by atoms with E-state index >= 15 is 0 Å². The fourth-order valence-electron chi connectivity index (χ4n) is 5.34. The van der Waals surface area contributed by atoms with Gasteiger partial charge in [0.1, 0.15) is 5.69 Å². The lowest BCUT2D eigenvalue weighted by Gasteiger charge is -2.47. The van der Waals surface area contributed by atoms with E-state index in [0.29, 0.717) is 23.3 Å². The Morgan fingerprint density at radius 2 is 1.87 bits per heavy atom. The van der Waals surface area contributed by atoms with Crippen LogP contribution in [0, 0.1) is 22.0 Å². The Kier molecular flexibility index (Phi) is 5.74. The Morgan fingerprint density at radius 3 is 2.45 bits per heavy atom. The zero-order valence-corrected chi connectivity index (χ0v) is 17.4. The Morgan fingerprint density at radius 1 is 1.16 bits per heavy atom. The number of hydrogen-bond donors (Lipinski definition) is 2. The van der Waals surface area contributed by atoms with Crippen LogP contribution in [0.3, 0.4) is 0 Å². The summed E-state index contributed by atoms with van der Waals surface area (Å²) in [6, 6.07) is 2.92.